The SMILES string of the molecule is Cc1ncn(Cc2ccc(OCC(F)(F)F)nn2)n1. The fourth-order valence-corrected chi connectivity index (χ4v) is 1.29. The Kier molecular flexibility index (Phi) is 3.63. The summed E-state index contributed by atoms with van der Waals surface area (Å²) in [6.45, 7) is 0.701. The largest absolute Gasteiger partial charge is 0.467 e. The monoisotopic (exact) mass is 273 g/mol. The summed E-state index contributed by atoms with van der Waals surface area (Å²) >= 11 is 0. The average Bonchev–Trinajstić information content (AvgIpc) is 2.73. The molecule has 0 radical (unpaired) electrons. The molecule has 9 heteroatoms. The van der Waals surface area contributed by atoms with Crippen LogP contribution in [0.2, 0.25) is 0 Å². The minimum absolute atomic E-state index is 0.171. The molecular weight excluding hydrogens is 263 g/mol. The molecule has 19 heavy (non-hydrogen) atoms. The number of aryl methyl sites for hydroxylation is 1. The van der Waals surface area contributed by atoms with Gasteiger partial charge < -0.3 is 4.74 Å². The van der Waals surface area contributed by atoms with Gasteiger partial charge >= 0.3 is 6.18 Å². The van der Waals surface area contributed by atoms with E-state index in [1.165, 1.54) is 18.5 Å². The number of nitrogens with zero attached hydrogens (tertiary/aromatic N) is 5. The lowest BCUT2D eigenvalue weighted by Gasteiger charge is -2.07. The van der Waals surface area contributed by atoms with Crippen LogP contribution in [0.4, 0.5) is 13.2 Å². The van der Waals surface area contributed by atoms with Crippen LogP contribution in [0.15, 0.2) is 18.5 Å². The molecule has 0 saturated heterocycles. The van der Waals surface area contributed by atoms with Crippen LogP contribution in [-0.2, 0) is 6.54 Å². The lowest BCUT2D eigenvalue weighted by Crippen LogP contribution is -2.19. The normalized spacial score (nSPS) is 11.6. The van der Waals surface area contributed by atoms with Crippen LogP contribution in [-0.4, -0.2) is 37.7 Å². The van der Waals surface area contributed by atoms with E-state index in [-0.39, 0.29) is 5.88 Å². The zero-order valence-electron chi connectivity index (χ0n) is 9.92. The molecule has 0 unspecified atom stereocenters. The smallest absolute Gasteiger partial charge is 0.422 e. The molecule has 0 aliphatic carbocycles. The van der Waals surface area contributed by atoms with Gasteiger partial charge in [-0.05, 0) is 13.0 Å². The molecule has 2 aromatic heterocycles. The summed E-state index contributed by atoms with van der Waals surface area (Å²) in [6.07, 6.45) is -2.86. The summed E-state index contributed by atoms with van der Waals surface area (Å²) in [5, 5.41) is 11.4. The fourth-order valence-electron chi connectivity index (χ4n) is 1.29. The van der Waals surface area contributed by atoms with Crippen molar-refractivity contribution in [3.63, 3.8) is 0 Å². The summed E-state index contributed by atoms with van der Waals surface area (Å²) in [5.74, 6) is 0.453. The molecule has 2 rings (SSSR count). The fraction of sp³-hybridized carbons (Fsp3) is 0.400. The number of hydrogen-bond donors (Lipinski definition) is 0. The first kappa shape index (κ1) is 13.2. The number of halogens is 3. The van der Waals surface area contributed by atoms with Gasteiger partial charge in [0.15, 0.2) is 6.61 Å². The molecule has 0 aromatic carbocycles. The minimum atomic E-state index is -4.39. The molecule has 2 heterocycles. The van der Waals surface area contributed by atoms with Gasteiger partial charge in [-0.3, -0.25) is 0 Å². The predicted octanol–water partition coefficient (Wildman–Crippen LogP) is 1.37. The number of rotatable bonds is 4. The molecule has 0 aliphatic heterocycles. The zero-order valence-corrected chi connectivity index (χ0v) is 9.92. The van der Waals surface area contributed by atoms with Crippen LogP contribution in [0.3, 0.4) is 0 Å². The molecule has 0 fully saturated rings. The quantitative estimate of drug-likeness (QED) is 0.841. The van der Waals surface area contributed by atoms with Gasteiger partial charge in [-0.1, -0.05) is 0 Å². The van der Waals surface area contributed by atoms with E-state index in [2.05, 4.69) is 25.0 Å². The summed E-state index contributed by atoms with van der Waals surface area (Å²) in [6, 6.07) is 2.85. The Balaban J connectivity index is 1.95. The predicted molar refractivity (Wildman–Crippen MR) is 57.4 cm³/mol. The van der Waals surface area contributed by atoms with Crippen molar-refractivity contribution < 1.29 is 17.9 Å². The zero-order chi connectivity index (χ0) is 13.9. The Labute approximate surface area is 106 Å². The highest BCUT2D eigenvalue weighted by molar-refractivity contribution is 5.11. The van der Waals surface area contributed by atoms with Crippen LogP contribution >= 0.6 is 0 Å². The highest BCUT2D eigenvalue weighted by Crippen LogP contribution is 2.16. The molecule has 0 spiro atoms. The third-order valence-electron chi connectivity index (χ3n) is 2.05. The van der Waals surface area contributed by atoms with E-state index >= 15 is 0 Å². The average molecular weight is 273 g/mol. The molecule has 102 valence electrons. The lowest BCUT2D eigenvalue weighted by molar-refractivity contribution is -0.154. The summed E-state index contributed by atoms with van der Waals surface area (Å²) < 4.78 is 41.8. The third-order valence-corrected chi connectivity index (χ3v) is 2.05. The molecule has 0 aliphatic rings. The van der Waals surface area contributed by atoms with Crippen molar-refractivity contribution in [2.24, 2.45) is 0 Å². The van der Waals surface area contributed by atoms with Gasteiger partial charge in [0, 0.05) is 6.07 Å². The lowest BCUT2D eigenvalue weighted by atomic mass is 10.4. The molecule has 2 aromatic rings. The van der Waals surface area contributed by atoms with Gasteiger partial charge in [0.05, 0.1) is 12.2 Å². The van der Waals surface area contributed by atoms with Crippen LogP contribution < -0.4 is 4.74 Å². The maximum absolute atomic E-state index is 11.9. The maximum atomic E-state index is 11.9. The third kappa shape index (κ3) is 4.19. The van der Waals surface area contributed by atoms with E-state index in [1.807, 2.05) is 0 Å². The first-order valence-electron chi connectivity index (χ1n) is 5.30. The molecule has 0 saturated carbocycles. The van der Waals surface area contributed by atoms with E-state index < -0.39 is 12.8 Å². The second-order valence-electron chi connectivity index (χ2n) is 3.76. The van der Waals surface area contributed by atoms with Crippen LogP contribution in [0.1, 0.15) is 11.5 Å². The topological polar surface area (TPSA) is 65.7 Å². The van der Waals surface area contributed by atoms with E-state index in [4.69, 9.17) is 0 Å². The summed E-state index contributed by atoms with van der Waals surface area (Å²) in [5.41, 5.74) is 0.546. The maximum Gasteiger partial charge on any atom is 0.422 e. The van der Waals surface area contributed by atoms with Crippen molar-refractivity contribution in [2.75, 3.05) is 6.61 Å². The second kappa shape index (κ2) is 5.21. The van der Waals surface area contributed by atoms with Gasteiger partial charge in [0.2, 0.25) is 5.88 Å². The van der Waals surface area contributed by atoms with Crippen LogP contribution in [0.25, 0.3) is 0 Å². The van der Waals surface area contributed by atoms with Gasteiger partial charge in [-0.25, -0.2) is 9.67 Å². The van der Waals surface area contributed by atoms with Crippen molar-refractivity contribution in [3.8, 4) is 5.88 Å². The first-order chi connectivity index (χ1) is 8.92. The van der Waals surface area contributed by atoms with Crippen molar-refractivity contribution in [1.82, 2.24) is 25.0 Å². The molecule has 6 nitrogen and oxygen atoms in total. The van der Waals surface area contributed by atoms with Crippen LogP contribution in [0.5, 0.6) is 5.88 Å². The van der Waals surface area contributed by atoms with E-state index in [0.717, 1.165) is 0 Å². The van der Waals surface area contributed by atoms with Crippen LogP contribution in [0, 0.1) is 6.92 Å². The molecule has 0 atom stereocenters. The molecule has 0 amide bonds. The Morgan fingerprint density at radius 1 is 1.26 bits per heavy atom. The Morgan fingerprint density at radius 3 is 2.58 bits per heavy atom. The second-order valence-corrected chi connectivity index (χ2v) is 3.76. The molecular formula is C10H10F3N5O. The number of alkyl halides is 3. The van der Waals surface area contributed by atoms with E-state index in [0.29, 0.717) is 18.1 Å². The molecule has 0 bridgehead atoms. The number of hydrogen-bond acceptors (Lipinski definition) is 5. The van der Waals surface area contributed by atoms with Crippen molar-refractivity contribution >= 4 is 0 Å². The number of aromatic nitrogens is 5. The van der Waals surface area contributed by atoms with E-state index in [9.17, 15) is 13.2 Å². The van der Waals surface area contributed by atoms with Gasteiger partial charge in [0.1, 0.15) is 12.2 Å². The highest BCUT2D eigenvalue weighted by atomic mass is 19.4. The number of ether oxygens (including phenoxy) is 1. The van der Waals surface area contributed by atoms with E-state index in [1.54, 1.807) is 11.6 Å². The van der Waals surface area contributed by atoms with Crippen molar-refractivity contribution in [2.45, 2.75) is 19.6 Å². The Bertz CT molecular complexity index is 537. The van der Waals surface area contributed by atoms with Crippen molar-refractivity contribution in [3.05, 3.63) is 30.0 Å². The molecule has 0 N–H and O–H groups in total. The summed E-state index contributed by atoms with van der Waals surface area (Å²) in [4.78, 5) is 3.94. The van der Waals surface area contributed by atoms with Gasteiger partial charge in [0.25, 0.3) is 0 Å². The Morgan fingerprint density at radius 2 is 2.05 bits per heavy atom. The first-order valence-corrected chi connectivity index (χ1v) is 5.30. The summed E-state index contributed by atoms with van der Waals surface area (Å²) in [7, 11) is 0. The highest BCUT2D eigenvalue weighted by Gasteiger charge is 2.28. The standard InChI is InChI=1S/C10H10F3N5O/c1-7-14-6-18(17-7)4-8-2-3-9(16-15-8)19-5-10(11,12)13/h2-3,6H,4-5H2,1H3. The van der Waals surface area contributed by atoms with Crippen molar-refractivity contribution in [1.29, 1.82) is 0 Å². The van der Waals surface area contributed by atoms with Gasteiger partial charge in [-0.2, -0.15) is 18.3 Å². The van der Waals surface area contributed by atoms with Gasteiger partial charge in [-0.15, -0.1) is 10.2 Å². The minimum Gasteiger partial charge on any atom is -0.467 e. The Hall–Kier alpha value is -2.19.